The zero-order chi connectivity index (χ0) is 37.4. The second kappa shape index (κ2) is 12.4. The van der Waals surface area contributed by atoms with Gasteiger partial charge < -0.3 is 13.7 Å². The van der Waals surface area contributed by atoms with Crippen molar-refractivity contribution in [3.8, 4) is 44.8 Å². The summed E-state index contributed by atoms with van der Waals surface area (Å²) in [5, 5.41) is 1.98. The fraction of sp³-hybridized carbons (Fsp3) is 0.0577. The predicted octanol–water partition coefficient (Wildman–Crippen LogP) is 14.5. The minimum Gasteiger partial charge on any atom is -0.456 e. The lowest BCUT2D eigenvalue weighted by atomic mass is 9.82. The van der Waals surface area contributed by atoms with Gasteiger partial charge in [0.15, 0.2) is 5.58 Å². The molecule has 0 unspecified atom stereocenters. The van der Waals surface area contributed by atoms with Gasteiger partial charge in [0.2, 0.25) is 5.89 Å². The molecule has 56 heavy (non-hydrogen) atoms. The Balaban J connectivity index is 1.10. The fourth-order valence-electron chi connectivity index (χ4n) is 8.73. The summed E-state index contributed by atoms with van der Waals surface area (Å²) in [6.45, 7) is 4.67. The van der Waals surface area contributed by atoms with Crippen molar-refractivity contribution in [2.24, 2.45) is 0 Å². The van der Waals surface area contributed by atoms with Gasteiger partial charge in [-0.15, -0.1) is 0 Å². The number of furan rings is 1. The van der Waals surface area contributed by atoms with E-state index in [2.05, 4.69) is 164 Å². The van der Waals surface area contributed by atoms with Crippen molar-refractivity contribution in [1.82, 2.24) is 4.98 Å². The number of benzene rings is 8. The van der Waals surface area contributed by atoms with E-state index in [4.69, 9.17) is 13.8 Å². The highest BCUT2D eigenvalue weighted by Gasteiger charge is 2.35. The highest BCUT2D eigenvalue weighted by Crippen LogP contribution is 2.51. The Labute approximate surface area is 324 Å². The molecule has 0 N–H and O–H groups in total. The number of hydrogen-bond donors (Lipinski definition) is 0. The number of aromatic nitrogens is 1. The molecule has 0 aliphatic heterocycles. The SMILES string of the molecule is CC1(C)c2ccccc2-c2ccc(N(c3cccc(-c4cccc(-c5ccccc5)c4)c3)c3ccc4oc5cccc(-c6nc7ccccc7o6)c5c4c3)cc21. The Hall–Kier alpha value is -7.17. The van der Waals surface area contributed by atoms with Crippen LogP contribution in [0, 0.1) is 0 Å². The molecule has 266 valence electrons. The third-order valence-electron chi connectivity index (χ3n) is 11.5. The molecule has 0 spiro atoms. The van der Waals surface area contributed by atoms with E-state index in [9.17, 15) is 0 Å². The lowest BCUT2D eigenvalue weighted by Gasteiger charge is -2.28. The summed E-state index contributed by atoms with van der Waals surface area (Å²) >= 11 is 0. The molecule has 0 saturated carbocycles. The van der Waals surface area contributed by atoms with Crippen molar-refractivity contribution >= 4 is 50.1 Å². The number of anilines is 3. The predicted molar refractivity (Wildman–Crippen MR) is 230 cm³/mol. The highest BCUT2D eigenvalue weighted by molar-refractivity contribution is 6.13. The summed E-state index contributed by atoms with van der Waals surface area (Å²) in [6.07, 6.45) is 0. The van der Waals surface area contributed by atoms with E-state index in [1.54, 1.807) is 0 Å². The third kappa shape index (κ3) is 5.10. The summed E-state index contributed by atoms with van der Waals surface area (Å²) in [4.78, 5) is 7.26. The average Bonchev–Trinajstić information content (AvgIpc) is 3.92. The zero-order valence-corrected chi connectivity index (χ0v) is 31.0. The smallest absolute Gasteiger partial charge is 0.228 e. The Morgan fingerprint density at radius 2 is 1.05 bits per heavy atom. The minimum absolute atomic E-state index is 0.146. The van der Waals surface area contributed by atoms with Crippen molar-refractivity contribution < 1.29 is 8.83 Å². The van der Waals surface area contributed by atoms with Gasteiger partial charge in [-0.05, 0) is 117 Å². The summed E-state index contributed by atoms with van der Waals surface area (Å²) in [7, 11) is 0. The van der Waals surface area contributed by atoms with Gasteiger partial charge in [-0.25, -0.2) is 4.98 Å². The Morgan fingerprint density at radius 3 is 1.93 bits per heavy atom. The van der Waals surface area contributed by atoms with E-state index < -0.39 is 0 Å². The van der Waals surface area contributed by atoms with Crippen LogP contribution in [0.1, 0.15) is 25.0 Å². The Kier molecular flexibility index (Phi) is 7.17. The molecule has 11 rings (SSSR count). The third-order valence-corrected chi connectivity index (χ3v) is 11.5. The maximum Gasteiger partial charge on any atom is 0.228 e. The Morgan fingerprint density at radius 1 is 0.429 bits per heavy atom. The monoisotopic (exact) mass is 720 g/mol. The number of oxazole rings is 1. The van der Waals surface area contributed by atoms with Gasteiger partial charge in [-0.2, -0.15) is 0 Å². The minimum atomic E-state index is -0.146. The van der Waals surface area contributed by atoms with Crippen LogP contribution >= 0.6 is 0 Å². The summed E-state index contributed by atoms with van der Waals surface area (Å²) in [5.74, 6) is 0.576. The Bertz CT molecular complexity index is 3100. The molecule has 0 saturated heterocycles. The van der Waals surface area contributed by atoms with Crippen LogP contribution in [-0.2, 0) is 5.41 Å². The van der Waals surface area contributed by atoms with Crippen LogP contribution in [0.3, 0.4) is 0 Å². The van der Waals surface area contributed by atoms with Crippen molar-refractivity contribution in [2.75, 3.05) is 4.90 Å². The van der Waals surface area contributed by atoms with Crippen molar-refractivity contribution in [3.63, 3.8) is 0 Å². The van der Waals surface area contributed by atoms with Crippen LogP contribution in [0.5, 0.6) is 0 Å². The number of fused-ring (bicyclic) bond motifs is 7. The molecular weight excluding hydrogens is 685 g/mol. The van der Waals surface area contributed by atoms with Crippen LogP contribution in [0.15, 0.2) is 191 Å². The largest absolute Gasteiger partial charge is 0.456 e. The van der Waals surface area contributed by atoms with Crippen LogP contribution in [-0.4, -0.2) is 4.98 Å². The first-order valence-corrected chi connectivity index (χ1v) is 19.1. The average molecular weight is 721 g/mol. The fourth-order valence-corrected chi connectivity index (χ4v) is 8.73. The first-order valence-electron chi connectivity index (χ1n) is 19.1. The molecule has 0 atom stereocenters. The molecule has 4 nitrogen and oxygen atoms in total. The van der Waals surface area contributed by atoms with Crippen LogP contribution in [0.25, 0.3) is 77.9 Å². The molecule has 1 aliphatic carbocycles. The quantitative estimate of drug-likeness (QED) is 0.171. The van der Waals surface area contributed by atoms with E-state index in [1.807, 2.05) is 36.4 Å². The van der Waals surface area contributed by atoms with E-state index in [0.717, 1.165) is 66.8 Å². The molecule has 8 aromatic carbocycles. The lowest BCUT2D eigenvalue weighted by molar-refractivity contribution is 0.620. The summed E-state index contributed by atoms with van der Waals surface area (Å²) < 4.78 is 12.8. The van der Waals surface area contributed by atoms with E-state index in [0.29, 0.717) is 5.89 Å². The van der Waals surface area contributed by atoms with Gasteiger partial charge in [0.25, 0.3) is 0 Å². The second-order valence-corrected chi connectivity index (χ2v) is 15.2. The number of para-hydroxylation sites is 2. The molecule has 10 aromatic rings. The van der Waals surface area contributed by atoms with Crippen LogP contribution < -0.4 is 4.90 Å². The standard InChI is InChI=1S/C52H36N2O2/c1-52(2)44-21-7-6-19-40(44)41-27-25-39(32-45(41)52)54(37-18-11-17-36(30-37)35-16-10-15-34(29-35)33-13-4-3-5-14-33)38-26-28-47-43(31-38)50-42(20-12-24-49(50)55-47)51-53-46-22-8-9-23-48(46)56-51/h3-32H,1-2H3. The van der Waals surface area contributed by atoms with E-state index in [1.165, 1.54) is 33.4 Å². The maximum absolute atomic E-state index is 6.50. The van der Waals surface area contributed by atoms with Crippen LogP contribution in [0.2, 0.25) is 0 Å². The van der Waals surface area contributed by atoms with Gasteiger partial charge in [0, 0.05) is 38.8 Å². The molecule has 0 radical (unpaired) electrons. The lowest BCUT2D eigenvalue weighted by Crippen LogP contribution is -2.16. The number of rotatable bonds is 6. The zero-order valence-electron chi connectivity index (χ0n) is 31.0. The first kappa shape index (κ1) is 32.3. The normalized spacial score (nSPS) is 13.0. The van der Waals surface area contributed by atoms with Gasteiger partial charge >= 0.3 is 0 Å². The molecular formula is C52H36N2O2. The highest BCUT2D eigenvalue weighted by atomic mass is 16.3. The molecule has 1 aliphatic rings. The van der Waals surface area contributed by atoms with Gasteiger partial charge in [-0.1, -0.05) is 123 Å². The second-order valence-electron chi connectivity index (χ2n) is 15.2. The molecule has 0 bridgehead atoms. The van der Waals surface area contributed by atoms with Gasteiger partial charge in [-0.3, -0.25) is 0 Å². The van der Waals surface area contributed by atoms with Crippen molar-refractivity contribution in [1.29, 1.82) is 0 Å². The molecule has 2 aromatic heterocycles. The van der Waals surface area contributed by atoms with E-state index in [-0.39, 0.29) is 5.41 Å². The van der Waals surface area contributed by atoms with E-state index >= 15 is 0 Å². The topological polar surface area (TPSA) is 42.4 Å². The molecule has 0 amide bonds. The maximum atomic E-state index is 6.50. The van der Waals surface area contributed by atoms with Gasteiger partial charge in [0.1, 0.15) is 16.7 Å². The van der Waals surface area contributed by atoms with Crippen molar-refractivity contribution in [3.05, 3.63) is 193 Å². The first-order chi connectivity index (χ1) is 27.5. The van der Waals surface area contributed by atoms with Crippen molar-refractivity contribution in [2.45, 2.75) is 19.3 Å². The molecule has 0 fully saturated rings. The molecule has 2 heterocycles. The summed E-state index contributed by atoms with van der Waals surface area (Å²) in [6, 6.07) is 64.5. The summed E-state index contributed by atoms with van der Waals surface area (Å²) in [5.41, 5.74) is 17.1. The van der Waals surface area contributed by atoms with Crippen LogP contribution in [0.4, 0.5) is 17.1 Å². The molecule has 4 heteroatoms. The van der Waals surface area contributed by atoms with Gasteiger partial charge in [0.05, 0.1) is 0 Å². The number of hydrogen-bond acceptors (Lipinski definition) is 4. The number of nitrogens with zero attached hydrogens (tertiary/aromatic N) is 2.